The van der Waals surface area contributed by atoms with Crippen molar-refractivity contribution in [2.45, 2.75) is 26.4 Å². The zero-order valence-electron chi connectivity index (χ0n) is 20.5. The lowest BCUT2D eigenvalue weighted by Gasteiger charge is -2.07. The third kappa shape index (κ3) is 5.65. The van der Waals surface area contributed by atoms with Crippen molar-refractivity contribution < 1.29 is 18.7 Å². The van der Waals surface area contributed by atoms with Gasteiger partial charge in [-0.1, -0.05) is 30.3 Å². The maximum Gasteiger partial charge on any atom is 0.261 e. The van der Waals surface area contributed by atoms with Gasteiger partial charge in [-0.25, -0.2) is 4.68 Å². The Balaban J connectivity index is 1.69. The summed E-state index contributed by atoms with van der Waals surface area (Å²) in [5.74, 6) is 0.655. The number of aromatic nitrogens is 2. The van der Waals surface area contributed by atoms with E-state index < -0.39 is 5.91 Å². The average molecular weight is 485 g/mol. The minimum Gasteiger partial charge on any atom is -0.493 e. The Bertz CT molecular complexity index is 1410. The number of hydrogen-bond acceptors (Lipinski definition) is 6. The molecule has 0 bridgehead atoms. The van der Waals surface area contributed by atoms with Crippen molar-refractivity contribution in [1.29, 1.82) is 5.26 Å². The van der Waals surface area contributed by atoms with Crippen molar-refractivity contribution in [3.63, 3.8) is 0 Å². The van der Waals surface area contributed by atoms with E-state index in [-0.39, 0.29) is 11.7 Å². The zero-order valence-corrected chi connectivity index (χ0v) is 20.5. The maximum absolute atomic E-state index is 12.7. The summed E-state index contributed by atoms with van der Waals surface area (Å²) in [5, 5.41) is 18.1. The molecule has 4 aromatic rings. The van der Waals surface area contributed by atoms with E-state index in [0.717, 1.165) is 11.1 Å². The number of rotatable bonds is 10. The fourth-order valence-corrected chi connectivity index (χ4v) is 3.70. The van der Waals surface area contributed by atoms with Crippen molar-refractivity contribution in [3.8, 4) is 29.0 Å². The molecule has 1 amide bonds. The van der Waals surface area contributed by atoms with Gasteiger partial charge in [0.15, 0.2) is 17.1 Å². The molecule has 8 nitrogen and oxygen atoms in total. The highest BCUT2D eigenvalue weighted by Crippen LogP contribution is 2.35. The zero-order chi connectivity index (χ0) is 25.5. The second kappa shape index (κ2) is 11.4. The number of ether oxygens (including phenoxy) is 2. The van der Waals surface area contributed by atoms with Gasteiger partial charge in [0.25, 0.3) is 5.91 Å². The number of para-hydroxylation sites is 2. The first-order valence-corrected chi connectivity index (χ1v) is 11.7. The van der Waals surface area contributed by atoms with Crippen molar-refractivity contribution in [3.05, 3.63) is 71.9 Å². The molecule has 36 heavy (non-hydrogen) atoms. The normalized spacial score (nSPS) is 11.6. The molecule has 0 aliphatic carbocycles. The highest BCUT2D eigenvalue weighted by Gasteiger charge is 2.19. The van der Waals surface area contributed by atoms with Gasteiger partial charge in [0.1, 0.15) is 17.3 Å². The number of hydrogen-bond donors (Lipinski definition) is 1. The van der Waals surface area contributed by atoms with E-state index in [2.05, 4.69) is 5.32 Å². The molecule has 0 radical (unpaired) electrons. The van der Waals surface area contributed by atoms with Crippen molar-refractivity contribution >= 4 is 23.0 Å². The second-order valence-corrected chi connectivity index (χ2v) is 8.40. The van der Waals surface area contributed by atoms with Crippen molar-refractivity contribution in [1.82, 2.24) is 15.1 Å². The maximum atomic E-state index is 12.7. The first-order chi connectivity index (χ1) is 17.5. The number of carbonyl (C=O) groups excluding carboxylic acids is 1. The molecular formula is C28H28N4O4. The van der Waals surface area contributed by atoms with Crippen LogP contribution in [0.2, 0.25) is 0 Å². The summed E-state index contributed by atoms with van der Waals surface area (Å²) in [6.07, 6.45) is 4.09. The summed E-state index contributed by atoms with van der Waals surface area (Å²) >= 11 is 0. The van der Waals surface area contributed by atoms with E-state index in [1.165, 1.54) is 6.08 Å². The van der Waals surface area contributed by atoms with Crippen LogP contribution in [0.25, 0.3) is 34.2 Å². The fraction of sp³-hybridized carbons (Fsp3) is 0.250. The van der Waals surface area contributed by atoms with E-state index >= 15 is 0 Å². The fourth-order valence-electron chi connectivity index (χ4n) is 3.70. The van der Waals surface area contributed by atoms with Gasteiger partial charge in [0.2, 0.25) is 0 Å². The quantitative estimate of drug-likeness (QED) is 0.190. The van der Waals surface area contributed by atoms with Crippen LogP contribution in [0.3, 0.4) is 0 Å². The monoisotopic (exact) mass is 484 g/mol. The van der Waals surface area contributed by atoms with Crippen molar-refractivity contribution in [2.75, 3.05) is 20.3 Å². The van der Waals surface area contributed by atoms with Crippen LogP contribution in [-0.2, 0) is 9.53 Å². The van der Waals surface area contributed by atoms with Gasteiger partial charge in [-0.05, 0) is 50.6 Å². The molecular weight excluding hydrogens is 456 g/mol. The number of nitriles is 1. The second-order valence-electron chi connectivity index (χ2n) is 8.40. The van der Waals surface area contributed by atoms with E-state index in [1.54, 1.807) is 18.0 Å². The Labute approximate surface area is 209 Å². The summed E-state index contributed by atoms with van der Waals surface area (Å²) in [6.45, 7) is 4.86. The summed E-state index contributed by atoms with van der Waals surface area (Å²) in [7, 11) is 1.59. The number of methoxy groups -OCH3 is 1. The largest absolute Gasteiger partial charge is 0.493 e. The van der Waals surface area contributed by atoms with Crippen LogP contribution in [-0.4, -0.2) is 42.1 Å². The number of furan rings is 1. The molecule has 0 saturated carbocycles. The van der Waals surface area contributed by atoms with Gasteiger partial charge in [0, 0.05) is 30.3 Å². The van der Waals surface area contributed by atoms with Crippen molar-refractivity contribution in [2.24, 2.45) is 0 Å². The molecule has 0 spiro atoms. The molecule has 0 fully saturated rings. The van der Waals surface area contributed by atoms with Crippen LogP contribution in [0.15, 0.2) is 70.8 Å². The van der Waals surface area contributed by atoms with Crippen LogP contribution in [0.4, 0.5) is 0 Å². The summed E-state index contributed by atoms with van der Waals surface area (Å²) in [6, 6.07) is 19.1. The third-order valence-electron chi connectivity index (χ3n) is 5.45. The number of fused-ring (bicyclic) bond motifs is 1. The van der Waals surface area contributed by atoms with Crippen LogP contribution in [0.1, 0.15) is 25.8 Å². The Morgan fingerprint density at radius 2 is 2.03 bits per heavy atom. The van der Waals surface area contributed by atoms with Gasteiger partial charge in [0.05, 0.1) is 18.9 Å². The highest BCUT2D eigenvalue weighted by atomic mass is 16.5. The van der Waals surface area contributed by atoms with Gasteiger partial charge in [-0.3, -0.25) is 4.79 Å². The smallest absolute Gasteiger partial charge is 0.261 e. The molecule has 4 rings (SSSR count). The molecule has 2 aromatic carbocycles. The Morgan fingerprint density at radius 1 is 1.22 bits per heavy atom. The number of carbonyl (C=O) groups is 1. The van der Waals surface area contributed by atoms with Gasteiger partial charge < -0.3 is 19.2 Å². The Hall–Kier alpha value is -4.35. The predicted octanol–water partition coefficient (Wildman–Crippen LogP) is 5.13. The minimum absolute atomic E-state index is 0.0256. The lowest BCUT2D eigenvalue weighted by Crippen LogP contribution is -2.26. The van der Waals surface area contributed by atoms with Crippen LogP contribution < -0.4 is 10.1 Å². The highest BCUT2D eigenvalue weighted by molar-refractivity contribution is 6.02. The number of nitrogens with zero attached hydrogens (tertiary/aromatic N) is 3. The third-order valence-corrected chi connectivity index (χ3v) is 5.45. The molecule has 2 heterocycles. The summed E-state index contributed by atoms with van der Waals surface area (Å²) in [4.78, 5) is 12.7. The van der Waals surface area contributed by atoms with Crippen LogP contribution >= 0.6 is 0 Å². The molecule has 184 valence electrons. The SMILES string of the molecule is COc1cccc2cc(-c3nn(-c4ccccc4)cc3/C=C(/C#N)C(=O)NCCCOC(C)C)oc12. The summed E-state index contributed by atoms with van der Waals surface area (Å²) < 4.78 is 18.7. The first-order valence-electron chi connectivity index (χ1n) is 11.7. The lowest BCUT2D eigenvalue weighted by molar-refractivity contribution is -0.117. The molecule has 2 aromatic heterocycles. The van der Waals surface area contributed by atoms with Gasteiger partial charge >= 0.3 is 0 Å². The van der Waals surface area contributed by atoms with Crippen LogP contribution in [0, 0.1) is 11.3 Å². The molecule has 0 atom stereocenters. The number of nitrogens with one attached hydrogen (secondary N) is 1. The van der Waals surface area contributed by atoms with Crippen LogP contribution in [0.5, 0.6) is 5.75 Å². The van der Waals surface area contributed by atoms with E-state index in [9.17, 15) is 10.1 Å². The Morgan fingerprint density at radius 3 is 2.75 bits per heavy atom. The molecule has 1 N–H and O–H groups in total. The topological polar surface area (TPSA) is 102 Å². The number of benzene rings is 2. The Kier molecular flexibility index (Phi) is 7.83. The predicted molar refractivity (Wildman–Crippen MR) is 138 cm³/mol. The summed E-state index contributed by atoms with van der Waals surface area (Å²) in [5.41, 5.74) is 2.48. The number of amides is 1. The first kappa shape index (κ1) is 24.8. The van der Waals surface area contributed by atoms with Gasteiger partial charge in [-0.15, -0.1) is 0 Å². The molecule has 8 heteroatoms. The molecule has 0 aliphatic rings. The average Bonchev–Trinajstić information content (AvgIpc) is 3.51. The molecule has 0 aliphatic heterocycles. The van der Waals surface area contributed by atoms with E-state index in [1.807, 2.05) is 74.5 Å². The molecule has 0 saturated heterocycles. The lowest BCUT2D eigenvalue weighted by atomic mass is 10.1. The standard InChI is InChI=1S/C28H28N4O4/c1-19(2)35-14-8-13-30-28(33)21(17-29)15-22-18-32(23-10-5-4-6-11-23)31-26(22)25-16-20-9-7-12-24(34-3)27(20)36-25/h4-7,9-12,15-16,18-19H,8,13-14H2,1-3H3,(H,30,33)/b21-15-. The van der Waals surface area contributed by atoms with E-state index in [4.69, 9.17) is 19.0 Å². The molecule has 0 unspecified atom stereocenters. The van der Waals surface area contributed by atoms with Gasteiger partial charge in [-0.2, -0.15) is 10.4 Å². The minimum atomic E-state index is -0.452. The van der Waals surface area contributed by atoms with E-state index in [0.29, 0.717) is 47.9 Å².